The number of nitrogens with one attached hydrogen (secondary N) is 1. The van der Waals surface area contributed by atoms with Crippen molar-refractivity contribution in [1.82, 2.24) is 5.32 Å². The maximum absolute atomic E-state index is 12.1. The lowest BCUT2D eigenvalue weighted by Gasteiger charge is -2.16. The minimum atomic E-state index is -1.08. The van der Waals surface area contributed by atoms with Gasteiger partial charge in [0.1, 0.15) is 5.75 Å². The average molecular weight is 356 g/mol. The molecule has 1 aliphatic carbocycles. The van der Waals surface area contributed by atoms with Gasteiger partial charge in [-0.15, -0.1) is 0 Å². The highest BCUT2D eigenvalue weighted by Crippen LogP contribution is 2.51. The zero-order chi connectivity index (χ0) is 15.8. The molecular weight excluding hydrogens is 338 g/mol. The van der Waals surface area contributed by atoms with Crippen LogP contribution >= 0.6 is 15.9 Å². The zero-order valence-electron chi connectivity index (χ0n) is 12.1. The van der Waals surface area contributed by atoms with Gasteiger partial charge in [-0.1, -0.05) is 19.9 Å². The van der Waals surface area contributed by atoms with E-state index in [1.54, 1.807) is 18.2 Å². The van der Waals surface area contributed by atoms with E-state index in [0.29, 0.717) is 15.8 Å². The van der Waals surface area contributed by atoms with E-state index in [4.69, 9.17) is 4.74 Å². The molecule has 0 spiro atoms. The number of carbonyl (C=O) groups is 2. The third-order valence-electron chi connectivity index (χ3n) is 3.87. The molecule has 1 aromatic rings. The number of halogens is 1. The largest absolute Gasteiger partial charge is 0.496 e. The molecule has 1 saturated carbocycles. The summed E-state index contributed by atoms with van der Waals surface area (Å²) in [7, 11) is 1.53. The van der Waals surface area contributed by atoms with Gasteiger partial charge < -0.3 is 15.2 Å². The lowest BCUT2D eigenvalue weighted by atomic mass is 10.1. The van der Waals surface area contributed by atoms with Crippen LogP contribution in [0.4, 0.5) is 0 Å². The summed E-state index contributed by atoms with van der Waals surface area (Å²) in [6.07, 6.45) is 0.789. The van der Waals surface area contributed by atoms with E-state index in [9.17, 15) is 14.7 Å². The van der Waals surface area contributed by atoms with Crippen molar-refractivity contribution in [1.29, 1.82) is 0 Å². The van der Waals surface area contributed by atoms with Crippen molar-refractivity contribution in [2.45, 2.75) is 26.3 Å². The third-order valence-corrected chi connectivity index (χ3v) is 4.49. The molecule has 1 unspecified atom stereocenters. The van der Waals surface area contributed by atoms with E-state index >= 15 is 0 Å². The van der Waals surface area contributed by atoms with Crippen LogP contribution in [0.25, 0.3) is 0 Å². The second-order valence-corrected chi connectivity index (χ2v) is 6.77. The summed E-state index contributed by atoms with van der Waals surface area (Å²) in [4.78, 5) is 23.6. The molecular formula is C15H18BrNO4. The number of methoxy groups -OCH3 is 1. The summed E-state index contributed by atoms with van der Waals surface area (Å²) in [5.74, 6) is -0.795. The van der Waals surface area contributed by atoms with Gasteiger partial charge in [-0.2, -0.15) is 0 Å². The topological polar surface area (TPSA) is 75.6 Å². The van der Waals surface area contributed by atoms with E-state index < -0.39 is 12.0 Å². The van der Waals surface area contributed by atoms with Crippen molar-refractivity contribution < 1.29 is 19.4 Å². The second kappa shape index (κ2) is 5.67. The van der Waals surface area contributed by atoms with Gasteiger partial charge in [0.25, 0.3) is 0 Å². The fourth-order valence-electron chi connectivity index (χ4n) is 2.31. The molecule has 0 bridgehead atoms. The molecule has 1 aromatic carbocycles. The zero-order valence-corrected chi connectivity index (χ0v) is 13.7. The highest BCUT2D eigenvalue weighted by atomic mass is 79.9. The van der Waals surface area contributed by atoms with Gasteiger partial charge in [0, 0.05) is 5.92 Å². The van der Waals surface area contributed by atoms with Gasteiger partial charge in [-0.25, -0.2) is 4.79 Å². The van der Waals surface area contributed by atoms with Gasteiger partial charge in [0.15, 0.2) is 6.04 Å². The van der Waals surface area contributed by atoms with Crippen molar-refractivity contribution >= 4 is 27.8 Å². The molecule has 0 radical (unpaired) electrons. The SMILES string of the molecule is COc1ccc(C(NC(=O)[C@H]2CC2(C)C)C(=O)O)cc1Br. The average Bonchev–Trinajstić information content (AvgIpc) is 3.04. The van der Waals surface area contributed by atoms with Crippen LogP contribution in [0.15, 0.2) is 22.7 Å². The van der Waals surface area contributed by atoms with Crippen LogP contribution in [0, 0.1) is 11.3 Å². The van der Waals surface area contributed by atoms with Crippen LogP contribution in [-0.2, 0) is 9.59 Å². The molecule has 6 heteroatoms. The Morgan fingerprint density at radius 2 is 2.10 bits per heavy atom. The van der Waals surface area contributed by atoms with Crippen LogP contribution in [-0.4, -0.2) is 24.1 Å². The molecule has 2 N–H and O–H groups in total. The number of hydrogen-bond acceptors (Lipinski definition) is 3. The molecule has 114 valence electrons. The minimum Gasteiger partial charge on any atom is -0.496 e. The summed E-state index contributed by atoms with van der Waals surface area (Å²) < 4.78 is 5.76. The Bertz CT molecular complexity index is 585. The molecule has 1 fully saturated rings. The number of carboxylic acid groups (broad SMARTS) is 1. The van der Waals surface area contributed by atoms with E-state index in [1.807, 2.05) is 13.8 Å². The lowest BCUT2D eigenvalue weighted by Crippen LogP contribution is -2.35. The van der Waals surface area contributed by atoms with Crippen LogP contribution in [0.2, 0.25) is 0 Å². The number of hydrogen-bond donors (Lipinski definition) is 2. The summed E-state index contributed by atoms with van der Waals surface area (Å²) in [6, 6.07) is 3.90. The fraction of sp³-hybridized carbons (Fsp3) is 0.467. The van der Waals surface area contributed by atoms with Gasteiger partial charge >= 0.3 is 5.97 Å². The first-order valence-electron chi connectivity index (χ1n) is 6.63. The number of carbonyl (C=O) groups excluding carboxylic acids is 1. The number of aliphatic carboxylic acids is 1. The number of rotatable bonds is 5. The normalized spacial score (nSPS) is 20.5. The maximum Gasteiger partial charge on any atom is 0.330 e. The molecule has 2 atom stereocenters. The predicted octanol–water partition coefficient (Wildman–Crippen LogP) is 2.75. The first-order valence-corrected chi connectivity index (χ1v) is 7.42. The van der Waals surface area contributed by atoms with E-state index in [-0.39, 0.29) is 17.2 Å². The van der Waals surface area contributed by atoms with Crippen molar-refractivity contribution in [3.05, 3.63) is 28.2 Å². The minimum absolute atomic E-state index is 0.0341. The maximum atomic E-state index is 12.1. The second-order valence-electron chi connectivity index (χ2n) is 5.92. The Hall–Kier alpha value is -1.56. The van der Waals surface area contributed by atoms with Crippen molar-refractivity contribution in [2.24, 2.45) is 11.3 Å². The first-order chi connectivity index (χ1) is 9.76. The monoisotopic (exact) mass is 355 g/mol. The van der Waals surface area contributed by atoms with Crippen LogP contribution < -0.4 is 10.1 Å². The molecule has 0 aliphatic heterocycles. The molecule has 0 heterocycles. The highest BCUT2D eigenvalue weighted by molar-refractivity contribution is 9.10. The first kappa shape index (κ1) is 15.8. The van der Waals surface area contributed by atoms with Gasteiger partial charge in [0.05, 0.1) is 11.6 Å². The fourth-order valence-corrected chi connectivity index (χ4v) is 2.87. The summed E-state index contributed by atoms with van der Waals surface area (Å²) in [6.45, 7) is 3.99. The van der Waals surface area contributed by atoms with E-state index in [2.05, 4.69) is 21.2 Å². The predicted molar refractivity (Wildman–Crippen MR) is 81.1 cm³/mol. The molecule has 1 amide bonds. The highest BCUT2D eigenvalue weighted by Gasteiger charge is 2.51. The summed E-state index contributed by atoms with van der Waals surface area (Å²) in [5.41, 5.74) is 0.468. The van der Waals surface area contributed by atoms with Crippen molar-refractivity contribution in [3.63, 3.8) is 0 Å². The molecule has 5 nitrogen and oxygen atoms in total. The van der Waals surface area contributed by atoms with Gasteiger partial charge in [0.2, 0.25) is 5.91 Å². The van der Waals surface area contributed by atoms with Crippen LogP contribution in [0.5, 0.6) is 5.75 Å². The smallest absolute Gasteiger partial charge is 0.330 e. The Labute approximate surface area is 131 Å². The molecule has 0 aromatic heterocycles. The molecule has 21 heavy (non-hydrogen) atoms. The third kappa shape index (κ3) is 3.37. The van der Waals surface area contributed by atoms with E-state index in [0.717, 1.165) is 6.42 Å². The van der Waals surface area contributed by atoms with Crippen molar-refractivity contribution in [2.75, 3.05) is 7.11 Å². The van der Waals surface area contributed by atoms with Crippen molar-refractivity contribution in [3.8, 4) is 5.75 Å². The molecule has 0 saturated heterocycles. The number of benzene rings is 1. The summed E-state index contributed by atoms with van der Waals surface area (Å²) >= 11 is 3.32. The molecule has 1 aliphatic rings. The lowest BCUT2D eigenvalue weighted by molar-refractivity contribution is -0.142. The van der Waals surface area contributed by atoms with E-state index in [1.165, 1.54) is 7.11 Å². The molecule has 2 rings (SSSR count). The Morgan fingerprint density at radius 3 is 2.52 bits per heavy atom. The number of amides is 1. The standard InChI is InChI=1S/C15H18BrNO4/c1-15(2)7-9(15)13(18)17-12(14(19)20)8-4-5-11(21-3)10(16)6-8/h4-6,9,12H,7H2,1-3H3,(H,17,18)(H,19,20)/t9-,12?/m1/s1. The Morgan fingerprint density at radius 1 is 1.48 bits per heavy atom. The van der Waals surface area contributed by atoms with Crippen LogP contribution in [0.1, 0.15) is 31.9 Å². The Kier molecular flexibility index (Phi) is 4.27. The Balaban J connectivity index is 2.18. The van der Waals surface area contributed by atoms with Gasteiger partial charge in [-0.3, -0.25) is 4.79 Å². The van der Waals surface area contributed by atoms with Crippen LogP contribution in [0.3, 0.4) is 0 Å². The number of carboxylic acids is 1. The summed E-state index contributed by atoms with van der Waals surface area (Å²) in [5, 5.41) is 12.0. The quantitative estimate of drug-likeness (QED) is 0.851. The van der Waals surface area contributed by atoms with Gasteiger partial charge in [-0.05, 0) is 45.5 Å². The number of ether oxygens (including phenoxy) is 1.